The zero-order valence-corrected chi connectivity index (χ0v) is 11.3. The van der Waals surface area contributed by atoms with Gasteiger partial charge in [-0.2, -0.15) is 0 Å². The van der Waals surface area contributed by atoms with Crippen LogP contribution in [-0.4, -0.2) is 10.9 Å². The van der Waals surface area contributed by atoms with Crippen LogP contribution in [0.4, 0.5) is 5.69 Å². The second-order valence-electron chi connectivity index (χ2n) is 4.34. The van der Waals surface area contributed by atoms with Crippen molar-refractivity contribution >= 4 is 34.0 Å². The van der Waals surface area contributed by atoms with Gasteiger partial charge in [-0.25, -0.2) is 0 Å². The highest BCUT2D eigenvalue weighted by molar-refractivity contribution is 6.36. The van der Waals surface area contributed by atoms with Crippen molar-refractivity contribution in [2.75, 3.05) is 5.32 Å². The maximum absolute atomic E-state index is 12.2. The molecular formula is C16H11ClN2O. The van der Waals surface area contributed by atoms with E-state index in [1.54, 1.807) is 30.5 Å². The smallest absolute Gasteiger partial charge is 0.257 e. The van der Waals surface area contributed by atoms with E-state index in [0.717, 1.165) is 16.5 Å². The van der Waals surface area contributed by atoms with Crippen LogP contribution in [0.15, 0.2) is 60.9 Å². The van der Waals surface area contributed by atoms with Gasteiger partial charge in [0.05, 0.1) is 5.56 Å². The van der Waals surface area contributed by atoms with Gasteiger partial charge in [-0.05, 0) is 24.3 Å². The number of hydrogen-bond donors (Lipinski definition) is 1. The van der Waals surface area contributed by atoms with Gasteiger partial charge in [0.25, 0.3) is 5.91 Å². The maximum atomic E-state index is 12.2. The van der Waals surface area contributed by atoms with E-state index in [1.807, 2.05) is 24.3 Å². The number of hydrogen-bond acceptors (Lipinski definition) is 2. The molecule has 3 nitrogen and oxygen atoms in total. The van der Waals surface area contributed by atoms with Crippen molar-refractivity contribution < 1.29 is 4.79 Å². The van der Waals surface area contributed by atoms with Crippen molar-refractivity contribution in [1.82, 2.24) is 4.98 Å². The predicted octanol–water partition coefficient (Wildman–Crippen LogP) is 4.14. The predicted molar refractivity (Wildman–Crippen MR) is 81.1 cm³/mol. The van der Waals surface area contributed by atoms with Crippen LogP contribution in [0, 0.1) is 0 Å². The first kappa shape index (κ1) is 12.6. The summed E-state index contributed by atoms with van der Waals surface area (Å²) in [5.41, 5.74) is 1.25. The maximum Gasteiger partial charge on any atom is 0.257 e. The number of aromatic nitrogens is 1. The van der Waals surface area contributed by atoms with Crippen LogP contribution in [0.25, 0.3) is 10.8 Å². The fourth-order valence-corrected chi connectivity index (χ4v) is 2.29. The summed E-state index contributed by atoms with van der Waals surface area (Å²) in [7, 11) is 0. The molecule has 3 rings (SSSR count). The molecule has 0 bridgehead atoms. The lowest BCUT2D eigenvalue weighted by molar-refractivity contribution is 0.102. The quantitative estimate of drug-likeness (QED) is 0.767. The van der Waals surface area contributed by atoms with Crippen LogP contribution in [-0.2, 0) is 0 Å². The minimum absolute atomic E-state index is 0.189. The Bertz CT molecular complexity index is 772. The van der Waals surface area contributed by atoms with Gasteiger partial charge < -0.3 is 5.32 Å². The van der Waals surface area contributed by atoms with E-state index in [2.05, 4.69) is 10.3 Å². The van der Waals surface area contributed by atoms with Crippen molar-refractivity contribution in [2.45, 2.75) is 0 Å². The van der Waals surface area contributed by atoms with Crippen molar-refractivity contribution in [3.63, 3.8) is 0 Å². The zero-order chi connectivity index (χ0) is 13.9. The number of rotatable bonds is 2. The third-order valence-electron chi connectivity index (χ3n) is 3.04. The molecule has 0 aliphatic heterocycles. The summed E-state index contributed by atoms with van der Waals surface area (Å²) in [4.78, 5) is 16.1. The molecule has 0 aliphatic carbocycles. The number of halogens is 1. The molecule has 4 heteroatoms. The fourth-order valence-electron chi connectivity index (χ4n) is 2.06. The van der Waals surface area contributed by atoms with Gasteiger partial charge in [-0.3, -0.25) is 9.78 Å². The molecule has 0 aliphatic rings. The van der Waals surface area contributed by atoms with Crippen LogP contribution in [0.5, 0.6) is 0 Å². The molecule has 1 aromatic heterocycles. The van der Waals surface area contributed by atoms with Crippen LogP contribution in [0.1, 0.15) is 10.4 Å². The Morgan fingerprint density at radius 3 is 2.55 bits per heavy atom. The Balaban J connectivity index is 2.00. The highest BCUT2D eigenvalue weighted by Gasteiger charge is 2.09. The molecule has 0 unspecified atom stereocenters. The number of fused-ring (bicyclic) bond motifs is 1. The Hall–Kier alpha value is -2.39. The summed E-state index contributed by atoms with van der Waals surface area (Å²) in [6.07, 6.45) is 3.17. The molecule has 0 saturated heterocycles. The highest BCUT2D eigenvalue weighted by Crippen LogP contribution is 2.29. The lowest BCUT2D eigenvalue weighted by Gasteiger charge is -2.09. The van der Waals surface area contributed by atoms with Crippen LogP contribution >= 0.6 is 11.6 Å². The first-order valence-electron chi connectivity index (χ1n) is 6.14. The Morgan fingerprint density at radius 1 is 1.00 bits per heavy atom. The number of anilines is 1. The molecule has 20 heavy (non-hydrogen) atoms. The summed E-state index contributed by atoms with van der Waals surface area (Å²) >= 11 is 6.16. The number of carbonyl (C=O) groups is 1. The standard InChI is InChI=1S/C16H11ClN2O/c17-14-7-8-15(13-6-2-1-5-12(13)14)19-16(20)11-4-3-9-18-10-11/h1-10H,(H,19,20). The van der Waals surface area contributed by atoms with Crippen LogP contribution in [0.3, 0.4) is 0 Å². The average Bonchev–Trinajstić information content (AvgIpc) is 2.51. The third kappa shape index (κ3) is 2.36. The number of pyridine rings is 1. The van der Waals surface area contributed by atoms with Crippen molar-refractivity contribution in [1.29, 1.82) is 0 Å². The lowest BCUT2D eigenvalue weighted by atomic mass is 10.1. The van der Waals surface area contributed by atoms with E-state index in [4.69, 9.17) is 11.6 Å². The molecule has 98 valence electrons. The zero-order valence-electron chi connectivity index (χ0n) is 10.5. The van der Waals surface area contributed by atoms with E-state index < -0.39 is 0 Å². The average molecular weight is 283 g/mol. The molecule has 1 amide bonds. The number of amides is 1. The second-order valence-corrected chi connectivity index (χ2v) is 4.74. The molecule has 1 N–H and O–H groups in total. The van der Waals surface area contributed by atoms with E-state index in [1.165, 1.54) is 6.20 Å². The minimum atomic E-state index is -0.189. The van der Waals surface area contributed by atoms with Crippen LogP contribution < -0.4 is 5.32 Å². The van der Waals surface area contributed by atoms with Gasteiger partial charge >= 0.3 is 0 Å². The Kier molecular flexibility index (Phi) is 3.35. The van der Waals surface area contributed by atoms with Crippen molar-refractivity contribution in [3.8, 4) is 0 Å². The Labute approximate surface area is 121 Å². The van der Waals surface area contributed by atoms with Crippen LogP contribution in [0.2, 0.25) is 5.02 Å². The van der Waals surface area contributed by atoms with E-state index in [0.29, 0.717) is 10.6 Å². The Morgan fingerprint density at radius 2 is 1.80 bits per heavy atom. The van der Waals surface area contributed by atoms with Crippen molar-refractivity contribution in [3.05, 3.63) is 71.5 Å². The molecule has 0 fully saturated rings. The van der Waals surface area contributed by atoms with E-state index in [9.17, 15) is 4.79 Å². The van der Waals surface area contributed by atoms with Gasteiger partial charge in [0.1, 0.15) is 0 Å². The summed E-state index contributed by atoms with van der Waals surface area (Å²) < 4.78 is 0. The highest BCUT2D eigenvalue weighted by atomic mass is 35.5. The van der Waals surface area contributed by atoms with Gasteiger partial charge in [0.2, 0.25) is 0 Å². The first-order chi connectivity index (χ1) is 9.75. The second kappa shape index (κ2) is 5.31. The molecule has 1 heterocycles. The molecule has 0 radical (unpaired) electrons. The molecule has 2 aromatic carbocycles. The number of nitrogens with one attached hydrogen (secondary N) is 1. The normalized spacial score (nSPS) is 10.4. The van der Waals surface area contributed by atoms with Gasteiger partial charge in [-0.15, -0.1) is 0 Å². The van der Waals surface area contributed by atoms with Gasteiger partial charge in [-0.1, -0.05) is 35.9 Å². The molecule has 0 spiro atoms. The number of nitrogens with zero attached hydrogens (tertiary/aromatic N) is 1. The molecule has 3 aromatic rings. The molecule has 0 saturated carbocycles. The summed E-state index contributed by atoms with van der Waals surface area (Å²) in [5, 5.41) is 5.39. The monoisotopic (exact) mass is 282 g/mol. The lowest BCUT2D eigenvalue weighted by Crippen LogP contribution is -2.12. The number of carbonyl (C=O) groups excluding carboxylic acids is 1. The third-order valence-corrected chi connectivity index (χ3v) is 3.37. The summed E-state index contributed by atoms with van der Waals surface area (Å²) in [6.45, 7) is 0. The van der Waals surface area contributed by atoms with Gasteiger partial charge in [0.15, 0.2) is 0 Å². The topological polar surface area (TPSA) is 42.0 Å². The largest absolute Gasteiger partial charge is 0.321 e. The summed E-state index contributed by atoms with van der Waals surface area (Å²) in [6, 6.07) is 14.7. The molecular weight excluding hydrogens is 272 g/mol. The fraction of sp³-hybridized carbons (Fsp3) is 0. The SMILES string of the molecule is O=C(Nc1ccc(Cl)c2ccccc12)c1cccnc1. The number of benzene rings is 2. The van der Waals surface area contributed by atoms with E-state index in [-0.39, 0.29) is 5.91 Å². The first-order valence-corrected chi connectivity index (χ1v) is 6.52. The molecule has 0 atom stereocenters. The van der Waals surface area contributed by atoms with Crippen molar-refractivity contribution in [2.24, 2.45) is 0 Å². The summed E-state index contributed by atoms with van der Waals surface area (Å²) in [5.74, 6) is -0.189. The minimum Gasteiger partial charge on any atom is -0.321 e. The van der Waals surface area contributed by atoms with E-state index >= 15 is 0 Å². The van der Waals surface area contributed by atoms with Gasteiger partial charge in [0, 0.05) is 33.9 Å².